The van der Waals surface area contributed by atoms with E-state index in [1.54, 1.807) is 31.4 Å². The number of para-hydroxylation sites is 1. The minimum Gasteiger partial charge on any atom is -0.496 e. The molecule has 4 aromatic rings. The van der Waals surface area contributed by atoms with Gasteiger partial charge in [0.15, 0.2) is 4.96 Å². The van der Waals surface area contributed by atoms with E-state index in [4.69, 9.17) is 4.74 Å². The Morgan fingerprint density at radius 3 is 2.74 bits per heavy atom. The lowest BCUT2D eigenvalue weighted by Crippen LogP contribution is -2.14. The van der Waals surface area contributed by atoms with E-state index in [9.17, 15) is 8.42 Å². The summed E-state index contributed by atoms with van der Waals surface area (Å²) < 4.78 is 35.6. The van der Waals surface area contributed by atoms with Crippen molar-refractivity contribution in [2.75, 3.05) is 11.8 Å². The number of rotatable bonds is 5. The number of ether oxygens (including phenoxy) is 1. The fourth-order valence-electron chi connectivity index (χ4n) is 2.87. The Morgan fingerprint density at radius 2 is 2.00 bits per heavy atom. The van der Waals surface area contributed by atoms with Gasteiger partial charge in [0.05, 0.1) is 23.4 Å². The summed E-state index contributed by atoms with van der Waals surface area (Å²) in [5.41, 5.74) is 2.67. The fraction of sp³-hybridized carbons (Fsp3) is 0.105. The molecule has 2 heterocycles. The number of nitrogens with zero attached hydrogens (tertiary/aromatic N) is 2. The van der Waals surface area contributed by atoms with E-state index in [0.29, 0.717) is 17.1 Å². The van der Waals surface area contributed by atoms with Gasteiger partial charge in [-0.25, -0.2) is 13.4 Å². The molecule has 2 aromatic heterocycles. The Kier molecular flexibility index (Phi) is 4.37. The van der Waals surface area contributed by atoms with Gasteiger partial charge in [0.2, 0.25) is 0 Å². The van der Waals surface area contributed by atoms with Crippen LogP contribution in [0.1, 0.15) is 5.56 Å². The summed E-state index contributed by atoms with van der Waals surface area (Å²) in [6, 6.07) is 12.0. The van der Waals surface area contributed by atoms with Crippen molar-refractivity contribution >= 4 is 32.0 Å². The first kappa shape index (κ1) is 17.6. The van der Waals surface area contributed by atoms with Gasteiger partial charge < -0.3 is 4.74 Å². The number of sulfonamides is 1. The molecule has 6 nitrogen and oxygen atoms in total. The van der Waals surface area contributed by atoms with Crippen LogP contribution in [0.2, 0.25) is 0 Å². The molecular weight excluding hydrogens is 382 g/mol. The molecule has 1 N–H and O–H groups in total. The van der Waals surface area contributed by atoms with Crippen LogP contribution in [0.4, 0.5) is 5.69 Å². The van der Waals surface area contributed by atoms with Gasteiger partial charge in [-0.15, -0.1) is 11.3 Å². The van der Waals surface area contributed by atoms with Crippen LogP contribution in [0.15, 0.2) is 65.1 Å². The number of nitrogens with one attached hydrogen (secondary N) is 1. The molecule has 0 radical (unpaired) electrons. The van der Waals surface area contributed by atoms with Crippen LogP contribution in [-0.2, 0) is 10.0 Å². The molecule has 0 bridgehead atoms. The van der Waals surface area contributed by atoms with Gasteiger partial charge in [-0.3, -0.25) is 9.12 Å². The molecule has 27 heavy (non-hydrogen) atoms. The van der Waals surface area contributed by atoms with Gasteiger partial charge in [0, 0.05) is 23.3 Å². The van der Waals surface area contributed by atoms with Crippen molar-refractivity contribution in [2.24, 2.45) is 0 Å². The number of hydrogen-bond donors (Lipinski definition) is 1. The fourth-order valence-corrected chi connectivity index (χ4v) is 4.74. The van der Waals surface area contributed by atoms with Crippen molar-refractivity contribution in [3.8, 4) is 17.0 Å². The topological polar surface area (TPSA) is 72.7 Å². The molecule has 0 fully saturated rings. The number of aryl methyl sites for hydroxylation is 1. The maximum atomic E-state index is 12.9. The summed E-state index contributed by atoms with van der Waals surface area (Å²) in [6.07, 6.45) is 3.81. The number of hydrogen-bond acceptors (Lipinski definition) is 5. The Labute approximate surface area is 161 Å². The second-order valence-corrected chi connectivity index (χ2v) is 8.56. The third kappa shape index (κ3) is 3.29. The summed E-state index contributed by atoms with van der Waals surface area (Å²) in [5.74, 6) is 0.646. The molecule has 0 atom stereocenters. The monoisotopic (exact) mass is 399 g/mol. The molecule has 4 rings (SSSR count). The third-order valence-corrected chi connectivity index (χ3v) is 6.35. The van der Waals surface area contributed by atoms with E-state index in [2.05, 4.69) is 9.71 Å². The summed E-state index contributed by atoms with van der Waals surface area (Å²) in [4.78, 5) is 5.61. The van der Waals surface area contributed by atoms with Crippen LogP contribution in [0.5, 0.6) is 5.75 Å². The number of thiazole rings is 1. The molecule has 0 spiro atoms. The van der Waals surface area contributed by atoms with Crippen LogP contribution in [0.25, 0.3) is 16.2 Å². The van der Waals surface area contributed by atoms with Crippen molar-refractivity contribution in [1.82, 2.24) is 9.38 Å². The summed E-state index contributed by atoms with van der Waals surface area (Å²) >= 11 is 1.53. The number of anilines is 1. The van der Waals surface area contributed by atoms with Gasteiger partial charge in [0.25, 0.3) is 10.0 Å². The maximum Gasteiger partial charge on any atom is 0.261 e. The highest BCUT2D eigenvalue weighted by molar-refractivity contribution is 7.92. The Bertz CT molecular complexity index is 1200. The van der Waals surface area contributed by atoms with Crippen molar-refractivity contribution in [3.05, 3.63) is 65.8 Å². The summed E-state index contributed by atoms with van der Waals surface area (Å²) in [5, 5.41) is 1.95. The van der Waals surface area contributed by atoms with Crippen LogP contribution in [0.3, 0.4) is 0 Å². The van der Waals surface area contributed by atoms with Crippen LogP contribution >= 0.6 is 11.3 Å². The predicted octanol–water partition coefficient (Wildman–Crippen LogP) is 4.18. The van der Waals surface area contributed by atoms with Gasteiger partial charge >= 0.3 is 0 Å². The molecule has 0 aliphatic rings. The number of fused-ring (bicyclic) bond motifs is 1. The van der Waals surface area contributed by atoms with E-state index in [-0.39, 0.29) is 4.90 Å². The highest BCUT2D eigenvalue weighted by atomic mass is 32.2. The molecule has 0 amide bonds. The minimum absolute atomic E-state index is 0.182. The second-order valence-electron chi connectivity index (χ2n) is 6.00. The molecule has 0 saturated carbocycles. The molecule has 8 heteroatoms. The lowest BCUT2D eigenvalue weighted by atomic mass is 10.1. The van der Waals surface area contributed by atoms with Gasteiger partial charge in [-0.2, -0.15) is 0 Å². The highest BCUT2D eigenvalue weighted by Gasteiger charge is 2.18. The SMILES string of the molecule is COc1ccc(S(=O)(=O)Nc2ccccc2-c2cn3ccsc3n2)cc1C. The van der Waals surface area contributed by atoms with E-state index in [1.165, 1.54) is 17.4 Å². The van der Waals surface area contributed by atoms with Gasteiger partial charge in [-0.1, -0.05) is 18.2 Å². The van der Waals surface area contributed by atoms with Crippen LogP contribution < -0.4 is 9.46 Å². The molecule has 0 unspecified atom stereocenters. The quantitative estimate of drug-likeness (QED) is 0.546. The standard InChI is InChI=1S/C19H17N3O3S2/c1-13-11-14(7-8-18(13)25-2)27(23,24)21-16-6-4-3-5-15(16)17-12-22-9-10-26-19(22)20-17/h3-12,21H,1-2H3. The molecule has 0 saturated heterocycles. The molecule has 0 aliphatic heterocycles. The first-order chi connectivity index (χ1) is 13.0. The second kappa shape index (κ2) is 6.71. The van der Waals surface area contributed by atoms with E-state index < -0.39 is 10.0 Å². The Balaban J connectivity index is 1.72. The average Bonchev–Trinajstić information content (AvgIpc) is 3.23. The largest absolute Gasteiger partial charge is 0.496 e. The van der Waals surface area contributed by atoms with E-state index in [0.717, 1.165) is 16.1 Å². The molecule has 0 aliphatic carbocycles. The summed E-state index contributed by atoms with van der Waals surface area (Å²) in [7, 11) is -2.19. The number of methoxy groups -OCH3 is 1. The zero-order chi connectivity index (χ0) is 19.0. The van der Waals surface area contributed by atoms with Crippen molar-refractivity contribution in [1.29, 1.82) is 0 Å². The number of aromatic nitrogens is 2. The molecule has 2 aromatic carbocycles. The Hall–Kier alpha value is -2.84. The first-order valence-electron chi connectivity index (χ1n) is 8.17. The summed E-state index contributed by atoms with van der Waals surface area (Å²) in [6.45, 7) is 1.81. The smallest absolute Gasteiger partial charge is 0.261 e. The van der Waals surface area contributed by atoms with Crippen LogP contribution in [0, 0.1) is 6.92 Å². The zero-order valence-corrected chi connectivity index (χ0v) is 16.3. The average molecular weight is 399 g/mol. The number of imidazole rings is 1. The van der Waals surface area contributed by atoms with Crippen LogP contribution in [-0.4, -0.2) is 24.9 Å². The lowest BCUT2D eigenvalue weighted by Gasteiger charge is -2.13. The first-order valence-corrected chi connectivity index (χ1v) is 10.5. The van der Waals surface area contributed by atoms with E-state index in [1.807, 2.05) is 41.2 Å². The highest BCUT2D eigenvalue weighted by Crippen LogP contribution is 2.30. The van der Waals surface area contributed by atoms with Crippen molar-refractivity contribution in [3.63, 3.8) is 0 Å². The van der Waals surface area contributed by atoms with E-state index >= 15 is 0 Å². The molecule has 138 valence electrons. The zero-order valence-electron chi connectivity index (χ0n) is 14.7. The predicted molar refractivity (Wildman–Crippen MR) is 107 cm³/mol. The lowest BCUT2D eigenvalue weighted by molar-refractivity contribution is 0.411. The minimum atomic E-state index is -3.75. The maximum absolute atomic E-state index is 12.9. The molecular formula is C19H17N3O3S2. The van der Waals surface area contributed by atoms with Crippen molar-refractivity contribution in [2.45, 2.75) is 11.8 Å². The third-order valence-electron chi connectivity index (χ3n) is 4.22. The Morgan fingerprint density at radius 1 is 1.19 bits per heavy atom. The normalized spacial score (nSPS) is 11.6. The van der Waals surface area contributed by atoms with Gasteiger partial charge in [0.1, 0.15) is 5.75 Å². The van der Waals surface area contributed by atoms with Gasteiger partial charge in [-0.05, 0) is 36.8 Å². The number of benzene rings is 2. The van der Waals surface area contributed by atoms with Crippen molar-refractivity contribution < 1.29 is 13.2 Å².